The van der Waals surface area contributed by atoms with E-state index < -0.39 is 0 Å². The van der Waals surface area contributed by atoms with Crippen molar-refractivity contribution in [1.29, 1.82) is 0 Å². The molecular formula is C24H22N4O4. The Morgan fingerprint density at radius 3 is 2.44 bits per heavy atom. The van der Waals surface area contributed by atoms with E-state index in [0.29, 0.717) is 29.1 Å². The van der Waals surface area contributed by atoms with Crippen molar-refractivity contribution in [3.63, 3.8) is 0 Å². The van der Waals surface area contributed by atoms with Gasteiger partial charge in [-0.3, -0.25) is 9.59 Å². The monoisotopic (exact) mass is 430 g/mol. The van der Waals surface area contributed by atoms with E-state index >= 15 is 0 Å². The highest BCUT2D eigenvalue weighted by Crippen LogP contribution is 2.25. The molecule has 0 spiro atoms. The van der Waals surface area contributed by atoms with Gasteiger partial charge in [-0.1, -0.05) is 30.3 Å². The second-order valence-corrected chi connectivity index (χ2v) is 7.23. The topological polar surface area (TPSA) is 106 Å². The van der Waals surface area contributed by atoms with Crippen LogP contribution in [0, 0.1) is 0 Å². The number of hydrogen-bond donors (Lipinski definition) is 2. The molecule has 8 heteroatoms. The second-order valence-electron chi connectivity index (χ2n) is 7.23. The van der Waals surface area contributed by atoms with Crippen LogP contribution in [0.1, 0.15) is 22.8 Å². The number of amides is 1. The normalized spacial score (nSPS) is 10.8. The zero-order valence-corrected chi connectivity index (χ0v) is 17.5. The molecular weight excluding hydrogens is 408 g/mol. The minimum Gasteiger partial charge on any atom is -0.481 e. The van der Waals surface area contributed by atoms with Crippen LogP contribution < -0.4 is 10.1 Å². The molecule has 0 bridgehead atoms. The van der Waals surface area contributed by atoms with Gasteiger partial charge < -0.3 is 15.2 Å². The minimum atomic E-state index is -0.366. The Labute approximate surface area is 184 Å². The molecule has 8 nitrogen and oxygen atoms in total. The van der Waals surface area contributed by atoms with E-state index in [0.717, 1.165) is 16.6 Å². The molecule has 0 radical (unpaired) electrons. The number of aromatic nitrogens is 3. The van der Waals surface area contributed by atoms with Gasteiger partial charge in [0.2, 0.25) is 0 Å². The Bertz CT molecular complexity index is 1250. The fraction of sp³-hybridized carbons (Fsp3) is 0.167. The van der Waals surface area contributed by atoms with E-state index in [2.05, 4.69) is 15.5 Å². The van der Waals surface area contributed by atoms with Crippen molar-refractivity contribution in [2.24, 2.45) is 0 Å². The molecule has 0 atom stereocenters. The van der Waals surface area contributed by atoms with Crippen molar-refractivity contribution in [1.82, 2.24) is 15.0 Å². The Kier molecular flexibility index (Phi) is 6.23. The molecule has 1 heterocycles. The number of benzene rings is 3. The summed E-state index contributed by atoms with van der Waals surface area (Å²) < 4.78 is 5.79. The number of nitrogens with one attached hydrogen (secondary N) is 1. The summed E-state index contributed by atoms with van der Waals surface area (Å²) in [6, 6.07) is 19.6. The molecule has 0 aliphatic carbocycles. The predicted octanol–water partition coefficient (Wildman–Crippen LogP) is 3.18. The van der Waals surface area contributed by atoms with E-state index in [-0.39, 0.29) is 24.9 Å². The first-order valence-electron chi connectivity index (χ1n) is 10.1. The highest BCUT2D eigenvalue weighted by atomic mass is 16.5. The first kappa shape index (κ1) is 21.2. The molecule has 0 unspecified atom stereocenters. The average molecular weight is 430 g/mol. The lowest BCUT2D eigenvalue weighted by Gasteiger charge is -2.13. The standard InChI is InChI=1S/C24H22N4O4/c1-16(30)18-5-4-6-19(14-18)25-24(31)15-32-23-10-9-17(11-12-29)13-22(23)28-26-20-7-2-3-8-21(20)27-28/h2-10,13-14,29H,11-12,15H2,1H3,(H,25,31). The third-order valence-electron chi connectivity index (χ3n) is 4.84. The summed E-state index contributed by atoms with van der Waals surface area (Å²) in [6.45, 7) is 1.24. The number of aliphatic hydroxyl groups excluding tert-OH is 1. The van der Waals surface area contributed by atoms with Crippen LogP contribution in [0.2, 0.25) is 0 Å². The maximum Gasteiger partial charge on any atom is 0.262 e. The van der Waals surface area contributed by atoms with Crippen LogP contribution in [0.3, 0.4) is 0 Å². The molecule has 0 saturated heterocycles. The zero-order valence-electron chi connectivity index (χ0n) is 17.5. The van der Waals surface area contributed by atoms with Crippen molar-refractivity contribution in [2.75, 3.05) is 18.5 Å². The highest BCUT2D eigenvalue weighted by Gasteiger charge is 2.13. The van der Waals surface area contributed by atoms with E-state index in [4.69, 9.17) is 4.74 Å². The lowest BCUT2D eigenvalue weighted by Crippen LogP contribution is -2.21. The fourth-order valence-corrected chi connectivity index (χ4v) is 3.25. The van der Waals surface area contributed by atoms with Gasteiger partial charge in [0.1, 0.15) is 22.5 Å². The number of ketones is 1. The van der Waals surface area contributed by atoms with Crippen LogP contribution >= 0.6 is 0 Å². The Hall–Kier alpha value is -4.04. The van der Waals surface area contributed by atoms with Crippen molar-refractivity contribution >= 4 is 28.4 Å². The van der Waals surface area contributed by atoms with Crippen LogP contribution in [0.15, 0.2) is 66.7 Å². The molecule has 0 saturated carbocycles. The number of carbonyl (C=O) groups excluding carboxylic acids is 2. The first-order valence-corrected chi connectivity index (χ1v) is 10.1. The van der Waals surface area contributed by atoms with E-state index in [9.17, 15) is 14.7 Å². The van der Waals surface area contributed by atoms with Crippen LogP contribution in [-0.4, -0.2) is 45.0 Å². The Morgan fingerprint density at radius 2 is 1.75 bits per heavy atom. The largest absolute Gasteiger partial charge is 0.481 e. The summed E-state index contributed by atoms with van der Waals surface area (Å²) >= 11 is 0. The molecule has 1 aromatic heterocycles. The molecule has 1 amide bonds. The van der Waals surface area contributed by atoms with Crippen molar-refractivity contribution in [2.45, 2.75) is 13.3 Å². The zero-order chi connectivity index (χ0) is 22.5. The molecule has 2 N–H and O–H groups in total. The number of carbonyl (C=O) groups is 2. The Balaban J connectivity index is 1.54. The fourth-order valence-electron chi connectivity index (χ4n) is 3.25. The Morgan fingerprint density at radius 1 is 1.00 bits per heavy atom. The van der Waals surface area contributed by atoms with E-state index in [1.54, 1.807) is 30.3 Å². The van der Waals surface area contributed by atoms with Gasteiger partial charge in [0.05, 0.1) is 0 Å². The van der Waals surface area contributed by atoms with Gasteiger partial charge in [-0.05, 0) is 55.3 Å². The van der Waals surface area contributed by atoms with Gasteiger partial charge in [-0.25, -0.2) is 0 Å². The summed E-state index contributed by atoms with van der Waals surface area (Å²) in [6.07, 6.45) is 0.473. The lowest BCUT2D eigenvalue weighted by molar-refractivity contribution is -0.118. The van der Waals surface area contributed by atoms with Crippen LogP contribution in [0.4, 0.5) is 5.69 Å². The third kappa shape index (κ3) is 4.81. The molecule has 0 fully saturated rings. The van der Waals surface area contributed by atoms with Gasteiger partial charge in [0, 0.05) is 17.9 Å². The number of rotatable bonds is 8. The summed E-state index contributed by atoms with van der Waals surface area (Å²) in [7, 11) is 0. The summed E-state index contributed by atoms with van der Waals surface area (Å²) in [5.41, 5.74) is 3.95. The van der Waals surface area contributed by atoms with Gasteiger partial charge in [-0.2, -0.15) is 0 Å². The van der Waals surface area contributed by atoms with Crippen molar-refractivity contribution in [3.05, 3.63) is 77.9 Å². The number of anilines is 1. The number of ether oxygens (including phenoxy) is 1. The molecule has 32 heavy (non-hydrogen) atoms. The quantitative estimate of drug-likeness (QED) is 0.416. The molecule has 162 valence electrons. The summed E-state index contributed by atoms with van der Waals surface area (Å²) in [5, 5.41) is 21.0. The smallest absolute Gasteiger partial charge is 0.262 e. The molecule has 3 aromatic carbocycles. The minimum absolute atomic E-state index is 0.00981. The number of aliphatic hydroxyl groups is 1. The van der Waals surface area contributed by atoms with Crippen LogP contribution in [0.25, 0.3) is 16.7 Å². The van der Waals surface area contributed by atoms with E-state index in [1.165, 1.54) is 11.7 Å². The average Bonchev–Trinajstić information content (AvgIpc) is 3.23. The van der Waals surface area contributed by atoms with Crippen LogP contribution in [0.5, 0.6) is 5.75 Å². The highest BCUT2D eigenvalue weighted by molar-refractivity contribution is 5.97. The molecule has 4 rings (SSSR count). The lowest BCUT2D eigenvalue weighted by atomic mass is 10.1. The van der Waals surface area contributed by atoms with Crippen molar-refractivity contribution < 1.29 is 19.4 Å². The van der Waals surface area contributed by atoms with Crippen LogP contribution in [-0.2, 0) is 11.2 Å². The molecule has 4 aromatic rings. The van der Waals surface area contributed by atoms with Crippen molar-refractivity contribution in [3.8, 4) is 11.4 Å². The SMILES string of the molecule is CC(=O)c1cccc(NC(=O)COc2ccc(CCO)cc2-n2nc3ccccc3n2)c1. The molecule has 0 aliphatic heterocycles. The van der Waals surface area contributed by atoms with Gasteiger partial charge in [-0.15, -0.1) is 15.0 Å². The van der Waals surface area contributed by atoms with E-state index in [1.807, 2.05) is 36.4 Å². The number of fused-ring (bicyclic) bond motifs is 1. The van der Waals surface area contributed by atoms with Gasteiger partial charge in [0.25, 0.3) is 5.91 Å². The summed E-state index contributed by atoms with van der Waals surface area (Å²) in [5.74, 6) is -0.0154. The summed E-state index contributed by atoms with van der Waals surface area (Å²) in [4.78, 5) is 25.4. The maximum atomic E-state index is 12.4. The van der Waals surface area contributed by atoms with Gasteiger partial charge >= 0.3 is 0 Å². The third-order valence-corrected chi connectivity index (χ3v) is 4.84. The van der Waals surface area contributed by atoms with Gasteiger partial charge in [0.15, 0.2) is 12.4 Å². The predicted molar refractivity (Wildman–Crippen MR) is 120 cm³/mol. The number of Topliss-reactive ketones (excluding diaryl/α,β-unsaturated/α-hetero) is 1. The number of hydrogen-bond acceptors (Lipinski definition) is 6. The maximum absolute atomic E-state index is 12.4. The second kappa shape index (κ2) is 9.40. The molecule has 0 aliphatic rings. The number of nitrogens with zero attached hydrogens (tertiary/aromatic N) is 3. The first-order chi connectivity index (χ1) is 15.5.